The molecule has 3 heterocycles. The highest BCUT2D eigenvalue weighted by Gasteiger charge is 2.22. The van der Waals surface area contributed by atoms with Crippen LogP contribution < -0.4 is 5.56 Å². The highest BCUT2D eigenvalue weighted by Crippen LogP contribution is 2.35. The first kappa shape index (κ1) is 20.1. The minimum Gasteiger partial charge on any atom is -0.338 e. The smallest absolute Gasteiger partial charge is 0.266 e. The van der Waals surface area contributed by atoms with E-state index in [0.717, 1.165) is 16.8 Å². The number of aromatic amines is 1. The number of para-hydroxylation sites is 1. The zero-order valence-electron chi connectivity index (χ0n) is 17.6. The number of aromatic nitrogens is 7. The summed E-state index contributed by atoms with van der Waals surface area (Å²) in [5.74, 6) is 1.15. The number of aryl methyl sites for hydroxylation is 2. The summed E-state index contributed by atoms with van der Waals surface area (Å²) in [5, 5.41) is 11.3. The molecule has 160 valence electrons. The average molecular weight is 446 g/mol. The molecule has 0 aliphatic heterocycles. The van der Waals surface area contributed by atoms with Crippen molar-refractivity contribution >= 4 is 22.7 Å². The molecule has 3 aromatic heterocycles. The predicted molar refractivity (Wildman–Crippen MR) is 121 cm³/mol. The number of hydrogen-bond donors (Lipinski definition) is 1. The Balaban J connectivity index is 1.60. The Bertz CT molecular complexity index is 1470. The van der Waals surface area contributed by atoms with Crippen LogP contribution in [0.2, 0.25) is 0 Å². The van der Waals surface area contributed by atoms with E-state index < -0.39 is 0 Å². The first-order valence-corrected chi connectivity index (χ1v) is 10.8. The van der Waals surface area contributed by atoms with E-state index in [4.69, 9.17) is 9.51 Å². The second kappa shape index (κ2) is 8.04. The van der Waals surface area contributed by atoms with Crippen LogP contribution in [-0.2, 0) is 0 Å². The molecule has 0 spiro atoms. The van der Waals surface area contributed by atoms with Crippen LogP contribution in [0.4, 0.5) is 0 Å². The first-order valence-electron chi connectivity index (χ1n) is 9.96. The Morgan fingerprint density at radius 1 is 1.12 bits per heavy atom. The van der Waals surface area contributed by atoms with Gasteiger partial charge in [0, 0.05) is 0 Å². The zero-order chi connectivity index (χ0) is 22.2. The minimum atomic E-state index is -0.260. The SMILES string of the molecule is Cc1ccc(-n2c(S[C@@H](C)c3nc(-c4ncn[nH]4)no3)nc3ccccc3c2=O)c(C)c1. The molecule has 0 saturated heterocycles. The standard InChI is InChI=1S/C22H19N7O2S/c1-12-8-9-17(13(2)10-12)29-21(30)15-6-4-5-7-16(15)25-22(29)32-14(3)20-26-19(28-31-20)18-23-11-24-27-18/h4-11,14H,1-3H3,(H,23,24,27)/t14-/m0/s1. The number of benzene rings is 2. The molecule has 0 aliphatic rings. The maximum absolute atomic E-state index is 13.5. The van der Waals surface area contributed by atoms with Crippen molar-refractivity contribution in [2.45, 2.75) is 31.2 Å². The summed E-state index contributed by atoms with van der Waals surface area (Å²) in [4.78, 5) is 26.8. The van der Waals surface area contributed by atoms with Gasteiger partial charge in [-0.3, -0.25) is 14.5 Å². The maximum Gasteiger partial charge on any atom is 0.266 e. The molecule has 5 aromatic rings. The molecular formula is C22H19N7O2S. The van der Waals surface area contributed by atoms with Crippen LogP contribution in [-0.4, -0.2) is 34.9 Å². The van der Waals surface area contributed by atoms with Crippen molar-refractivity contribution in [2.24, 2.45) is 0 Å². The van der Waals surface area contributed by atoms with Gasteiger partial charge in [-0.2, -0.15) is 10.1 Å². The second-order valence-electron chi connectivity index (χ2n) is 7.39. The third-order valence-corrected chi connectivity index (χ3v) is 6.08. The topological polar surface area (TPSA) is 115 Å². The first-order chi connectivity index (χ1) is 15.5. The van der Waals surface area contributed by atoms with Crippen LogP contribution in [0, 0.1) is 13.8 Å². The molecule has 32 heavy (non-hydrogen) atoms. The Labute approximate surface area is 186 Å². The van der Waals surface area contributed by atoms with Gasteiger partial charge in [0.25, 0.3) is 5.56 Å². The molecule has 10 heteroatoms. The van der Waals surface area contributed by atoms with Crippen LogP contribution >= 0.6 is 11.8 Å². The van der Waals surface area contributed by atoms with Crippen molar-refractivity contribution in [1.29, 1.82) is 0 Å². The number of fused-ring (bicyclic) bond motifs is 1. The molecule has 0 bridgehead atoms. The van der Waals surface area contributed by atoms with Gasteiger partial charge in [-0.15, -0.1) is 0 Å². The lowest BCUT2D eigenvalue weighted by Crippen LogP contribution is -2.22. The number of hydrogen-bond acceptors (Lipinski definition) is 8. The molecule has 0 amide bonds. The van der Waals surface area contributed by atoms with Crippen LogP contribution in [0.25, 0.3) is 28.2 Å². The van der Waals surface area contributed by atoms with Gasteiger partial charge in [-0.05, 0) is 44.5 Å². The van der Waals surface area contributed by atoms with E-state index in [-0.39, 0.29) is 10.8 Å². The lowest BCUT2D eigenvalue weighted by atomic mass is 10.1. The van der Waals surface area contributed by atoms with Gasteiger partial charge in [0.2, 0.25) is 11.7 Å². The quantitative estimate of drug-likeness (QED) is 0.318. The molecule has 0 saturated carbocycles. The summed E-state index contributed by atoms with van der Waals surface area (Å²) >= 11 is 1.38. The fourth-order valence-electron chi connectivity index (χ4n) is 3.48. The number of rotatable bonds is 5. The maximum atomic E-state index is 13.5. The summed E-state index contributed by atoms with van der Waals surface area (Å²) in [6, 6.07) is 13.3. The van der Waals surface area contributed by atoms with Crippen molar-refractivity contribution in [3.8, 4) is 17.3 Å². The van der Waals surface area contributed by atoms with E-state index >= 15 is 0 Å². The molecular weight excluding hydrogens is 426 g/mol. The van der Waals surface area contributed by atoms with Crippen LogP contribution in [0.5, 0.6) is 0 Å². The normalized spacial score (nSPS) is 12.3. The molecule has 1 N–H and O–H groups in total. The molecule has 0 fully saturated rings. The fraction of sp³-hybridized carbons (Fsp3) is 0.182. The number of H-pyrrole nitrogens is 1. The highest BCUT2D eigenvalue weighted by molar-refractivity contribution is 7.99. The van der Waals surface area contributed by atoms with Crippen LogP contribution in [0.1, 0.15) is 29.2 Å². The van der Waals surface area contributed by atoms with E-state index in [9.17, 15) is 4.79 Å². The van der Waals surface area contributed by atoms with Gasteiger partial charge in [-0.25, -0.2) is 9.97 Å². The third-order valence-electron chi connectivity index (χ3n) is 5.04. The Morgan fingerprint density at radius 2 is 1.97 bits per heavy atom. The van der Waals surface area contributed by atoms with Crippen molar-refractivity contribution in [3.05, 3.63) is 76.2 Å². The molecule has 2 aromatic carbocycles. The van der Waals surface area contributed by atoms with Crippen molar-refractivity contribution in [2.75, 3.05) is 0 Å². The van der Waals surface area contributed by atoms with Crippen LogP contribution in [0.15, 0.2) is 63.3 Å². The van der Waals surface area contributed by atoms with Crippen molar-refractivity contribution in [1.82, 2.24) is 34.9 Å². The summed E-state index contributed by atoms with van der Waals surface area (Å²) in [6.45, 7) is 5.94. The van der Waals surface area contributed by atoms with Gasteiger partial charge in [0.05, 0.1) is 21.8 Å². The molecule has 1 atom stereocenters. The van der Waals surface area contributed by atoms with Crippen molar-refractivity contribution < 1.29 is 4.52 Å². The number of nitrogens with zero attached hydrogens (tertiary/aromatic N) is 6. The van der Waals surface area contributed by atoms with E-state index in [0.29, 0.717) is 33.6 Å². The Kier molecular flexibility index (Phi) is 5.06. The van der Waals surface area contributed by atoms with Gasteiger partial charge in [-0.1, -0.05) is 46.7 Å². The van der Waals surface area contributed by atoms with E-state index in [1.807, 2.05) is 51.1 Å². The monoisotopic (exact) mass is 445 g/mol. The second-order valence-corrected chi connectivity index (χ2v) is 8.70. The fourth-order valence-corrected chi connectivity index (χ4v) is 4.43. The summed E-state index contributed by atoms with van der Waals surface area (Å²) in [7, 11) is 0. The predicted octanol–water partition coefficient (Wildman–Crippen LogP) is 4.02. The third kappa shape index (κ3) is 3.58. The average Bonchev–Trinajstić information content (AvgIpc) is 3.47. The summed E-state index contributed by atoms with van der Waals surface area (Å²) in [5.41, 5.74) is 3.43. The summed E-state index contributed by atoms with van der Waals surface area (Å²) < 4.78 is 7.10. The van der Waals surface area contributed by atoms with Gasteiger partial charge in [0.1, 0.15) is 6.33 Å². The largest absolute Gasteiger partial charge is 0.338 e. The molecule has 9 nitrogen and oxygen atoms in total. The van der Waals surface area contributed by atoms with Gasteiger partial charge >= 0.3 is 0 Å². The van der Waals surface area contributed by atoms with Crippen molar-refractivity contribution in [3.63, 3.8) is 0 Å². The summed E-state index contributed by atoms with van der Waals surface area (Å²) in [6.07, 6.45) is 1.38. The molecule has 0 radical (unpaired) electrons. The molecule has 0 aliphatic carbocycles. The minimum absolute atomic E-state index is 0.120. The lowest BCUT2D eigenvalue weighted by Gasteiger charge is -2.16. The van der Waals surface area contributed by atoms with E-state index in [1.54, 1.807) is 10.6 Å². The molecule has 5 rings (SSSR count). The highest BCUT2D eigenvalue weighted by atomic mass is 32.2. The number of nitrogens with one attached hydrogen (secondary N) is 1. The van der Waals surface area contributed by atoms with Crippen LogP contribution in [0.3, 0.4) is 0 Å². The molecule has 0 unspecified atom stereocenters. The van der Waals surface area contributed by atoms with Gasteiger partial charge in [0.15, 0.2) is 11.0 Å². The Hall–Kier alpha value is -3.79. The lowest BCUT2D eigenvalue weighted by molar-refractivity contribution is 0.380. The van der Waals surface area contributed by atoms with Gasteiger partial charge < -0.3 is 4.52 Å². The van der Waals surface area contributed by atoms with E-state index in [1.165, 1.54) is 18.1 Å². The van der Waals surface area contributed by atoms with E-state index in [2.05, 4.69) is 31.4 Å². The zero-order valence-corrected chi connectivity index (χ0v) is 18.4. The Morgan fingerprint density at radius 3 is 2.75 bits per heavy atom. The number of thioether (sulfide) groups is 1.